The van der Waals surface area contributed by atoms with Gasteiger partial charge in [-0.25, -0.2) is 13.2 Å². The predicted octanol–water partition coefficient (Wildman–Crippen LogP) is 2.15. The molecule has 0 atom stereocenters. The van der Waals surface area contributed by atoms with Crippen LogP contribution < -0.4 is 11.1 Å². The van der Waals surface area contributed by atoms with Gasteiger partial charge in [0.25, 0.3) is 0 Å². The fourth-order valence-electron chi connectivity index (χ4n) is 2.13. The fourth-order valence-corrected chi connectivity index (χ4v) is 2.81. The van der Waals surface area contributed by atoms with Gasteiger partial charge in [-0.15, -0.1) is 12.4 Å². The second-order valence-electron chi connectivity index (χ2n) is 5.51. The molecule has 0 aromatic heterocycles. The zero-order valence-electron chi connectivity index (χ0n) is 14.4. The summed E-state index contributed by atoms with van der Waals surface area (Å²) in [6.45, 7) is 0.640. The molecule has 3 N–H and O–H groups in total. The van der Waals surface area contributed by atoms with Crippen molar-refractivity contribution in [3.63, 3.8) is 0 Å². The number of hydrogen-bond acceptors (Lipinski definition) is 6. The number of nitrogens with one attached hydrogen (secondary N) is 1. The predicted molar refractivity (Wildman–Crippen MR) is 98.9 cm³/mol. The number of anilines is 1. The highest BCUT2D eigenvalue weighted by Crippen LogP contribution is 2.20. The topological polar surface area (TPSA) is 116 Å². The fraction of sp³-hybridized carbons (Fsp3) is 0.500. The molecular formula is C16H25ClN2O5S. The van der Waals surface area contributed by atoms with Gasteiger partial charge in [0.1, 0.15) is 0 Å². The Morgan fingerprint density at radius 3 is 2.32 bits per heavy atom. The van der Waals surface area contributed by atoms with Crippen LogP contribution in [0.15, 0.2) is 23.1 Å². The molecule has 1 rings (SSSR count). The number of nitrogens with two attached hydrogens (primary N) is 1. The first kappa shape index (κ1) is 23.4. The van der Waals surface area contributed by atoms with Gasteiger partial charge in [0.2, 0.25) is 5.91 Å². The molecule has 0 heterocycles. The maximum absolute atomic E-state index is 12.0. The summed E-state index contributed by atoms with van der Waals surface area (Å²) in [5.41, 5.74) is 5.73. The van der Waals surface area contributed by atoms with Crippen molar-refractivity contribution in [1.82, 2.24) is 0 Å². The highest BCUT2D eigenvalue weighted by molar-refractivity contribution is 7.90. The first-order chi connectivity index (χ1) is 11.3. The molecule has 1 aromatic carbocycles. The van der Waals surface area contributed by atoms with Gasteiger partial charge in [-0.3, -0.25) is 4.79 Å². The third-order valence-electron chi connectivity index (χ3n) is 3.40. The first-order valence-corrected chi connectivity index (χ1v) is 9.60. The number of amides is 1. The van der Waals surface area contributed by atoms with Gasteiger partial charge >= 0.3 is 5.97 Å². The van der Waals surface area contributed by atoms with E-state index in [1.165, 1.54) is 25.3 Å². The molecule has 142 valence electrons. The molecule has 0 saturated heterocycles. The van der Waals surface area contributed by atoms with Crippen molar-refractivity contribution in [2.75, 3.05) is 25.2 Å². The van der Waals surface area contributed by atoms with Crippen molar-refractivity contribution < 1.29 is 22.7 Å². The van der Waals surface area contributed by atoms with Crippen LogP contribution in [0, 0.1) is 0 Å². The number of unbranched alkanes of at least 4 members (excludes halogenated alkanes) is 3. The number of methoxy groups -OCH3 is 1. The molecule has 1 aromatic rings. The molecule has 9 heteroatoms. The molecule has 0 unspecified atom stereocenters. The summed E-state index contributed by atoms with van der Waals surface area (Å²) in [4.78, 5) is 23.6. The van der Waals surface area contributed by atoms with Crippen molar-refractivity contribution in [3.8, 4) is 0 Å². The summed E-state index contributed by atoms with van der Waals surface area (Å²) >= 11 is 0. The lowest BCUT2D eigenvalue weighted by atomic mass is 10.1. The van der Waals surface area contributed by atoms with Crippen LogP contribution in [0.2, 0.25) is 0 Å². The molecule has 0 saturated carbocycles. The quantitative estimate of drug-likeness (QED) is 0.491. The highest BCUT2D eigenvalue weighted by atomic mass is 35.5. The smallest absolute Gasteiger partial charge is 0.337 e. The average Bonchev–Trinajstić information content (AvgIpc) is 2.52. The van der Waals surface area contributed by atoms with Gasteiger partial charge in [-0.1, -0.05) is 12.8 Å². The van der Waals surface area contributed by atoms with Gasteiger partial charge < -0.3 is 15.8 Å². The van der Waals surface area contributed by atoms with E-state index in [4.69, 9.17) is 5.73 Å². The maximum Gasteiger partial charge on any atom is 0.337 e. The molecular weight excluding hydrogens is 368 g/mol. The SMILES string of the molecule is COC(=O)c1cc(NC(=O)CCCCCCN)cc(S(C)(=O)=O)c1.Cl. The van der Waals surface area contributed by atoms with E-state index in [1.807, 2.05) is 0 Å². The number of hydrogen-bond donors (Lipinski definition) is 2. The largest absolute Gasteiger partial charge is 0.465 e. The summed E-state index contributed by atoms with van der Waals surface area (Å²) in [6, 6.07) is 3.95. The monoisotopic (exact) mass is 392 g/mol. The molecule has 1 amide bonds. The number of carbonyl (C=O) groups is 2. The number of ether oxygens (including phenoxy) is 1. The summed E-state index contributed by atoms with van der Waals surface area (Å²) < 4.78 is 28.1. The van der Waals surface area contributed by atoms with Crippen LogP contribution in [0.4, 0.5) is 5.69 Å². The third kappa shape index (κ3) is 8.33. The van der Waals surface area contributed by atoms with E-state index >= 15 is 0 Å². The van der Waals surface area contributed by atoms with E-state index in [0.29, 0.717) is 13.0 Å². The molecule has 25 heavy (non-hydrogen) atoms. The van der Waals surface area contributed by atoms with Crippen molar-refractivity contribution in [3.05, 3.63) is 23.8 Å². The highest BCUT2D eigenvalue weighted by Gasteiger charge is 2.15. The normalized spacial score (nSPS) is 10.7. The minimum absolute atomic E-state index is 0. The lowest BCUT2D eigenvalue weighted by molar-refractivity contribution is -0.116. The Labute approximate surface area is 154 Å². The second-order valence-corrected chi connectivity index (χ2v) is 7.53. The molecule has 0 spiro atoms. The molecule has 0 fully saturated rings. The number of sulfone groups is 1. The molecule has 0 aliphatic rings. The van der Waals surface area contributed by atoms with Gasteiger partial charge in [-0.2, -0.15) is 0 Å². The van der Waals surface area contributed by atoms with Crippen LogP contribution in [0.1, 0.15) is 42.5 Å². The van der Waals surface area contributed by atoms with E-state index in [9.17, 15) is 18.0 Å². The Morgan fingerprint density at radius 1 is 1.12 bits per heavy atom. The number of esters is 1. The van der Waals surface area contributed by atoms with Crippen LogP contribution in [-0.4, -0.2) is 40.2 Å². The molecule has 7 nitrogen and oxygen atoms in total. The number of carbonyl (C=O) groups excluding carboxylic acids is 2. The zero-order valence-corrected chi connectivity index (χ0v) is 16.0. The van der Waals surface area contributed by atoms with E-state index in [2.05, 4.69) is 10.1 Å². The van der Waals surface area contributed by atoms with Crippen molar-refractivity contribution in [2.24, 2.45) is 5.73 Å². The van der Waals surface area contributed by atoms with E-state index in [1.54, 1.807) is 0 Å². The molecule has 0 radical (unpaired) electrons. The average molecular weight is 393 g/mol. The Bertz CT molecular complexity index is 692. The van der Waals surface area contributed by atoms with E-state index in [0.717, 1.165) is 31.9 Å². The summed E-state index contributed by atoms with van der Waals surface area (Å²) in [6.07, 6.45) is 4.89. The zero-order chi connectivity index (χ0) is 18.2. The maximum atomic E-state index is 12.0. The van der Waals surface area contributed by atoms with Gasteiger partial charge in [0.05, 0.1) is 17.6 Å². The van der Waals surface area contributed by atoms with E-state index in [-0.39, 0.29) is 34.5 Å². The Hall–Kier alpha value is -1.64. The second kappa shape index (κ2) is 11.1. The Morgan fingerprint density at radius 2 is 1.76 bits per heavy atom. The van der Waals surface area contributed by atoms with Crippen LogP contribution in [0.5, 0.6) is 0 Å². The van der Waals surface area contributed by atoms with Gasteiger partial charge in [-0.05, 0) is 37.6 Å². The van der Waals surface area contributed by atoms with Crippen LogP contribution >= 0.6 is 12.4 Å². The van der Waals surface area contributed by atoms with E-state index < -0.39 is 15.8 Å². The third-order valence-corrected chi connectivity index (χ3v) is 4.49. The Balaban J connectivity index is 0.00000576. The molecule has 0 aliphatic heterocycles. The lowest BCUT2D eigenvalue weighted by Crippen LogP contribution is -2.13. The first-order valence-electron chi connectivity index (χ1n) is 7.71. The minimum Gasteiger partial charge on any atom is -0.465 e. The number of benzene rings is 1. The van der Waals surface area contributed by atoms with Gasteiger partial charge in [0.15, 0.2) is 9.84 Å². The molecule has 0 bridgehead atoms. The number of rotatable bonds is 9. The van der Waals surface area contributed by atoms with Gasteiger partial charge in [0, 0.05) is 18.4 Å². The van der Waals surface area contributed by atoms with Crippen molar-refractivity contribution in [2.45, 2.75) is 37.0 Å². The van der Waals surface area contributed by atoms with Crippen molar-refractivity contribution >= 4 is 39.8 Å². The van der Waals surface area contributed by atoms with Crippen LogP contribution in [0.25, 0.3) is 0 Å². The van der Waals surface area contributed by atoms with Crippen LogP contribution in [0.3, 0.4) is 0 Å². The summed E-state index contributed by atoms with van der Waals surface area (Å²) in [7, 11) is -2.32. The standard InChI is InChI=1S/C16H24N2O5S.ClH/c1-23-16(20)12-9-13(11-14(10-12)24(2,21)22)18-15(19)7-5-3-4-6-8-17;/h9-11H,3-8,17H2,1-2H3,(H,18,19);1H. The summed E-state index contributed by atoms with van der Waals surface area (Å²) in [5, 5.41) is 2.63. The minimum atomic E-state index is -3.52. The Kier molecular flexibility index (Phi) is 10.3. The van der Waals surface area contributed by atoms with Crippen LogP contribution in [-0.2, 0) is 19.4 Å². The summed E-state index contributed by atoms with van der Waals surface area (Å²) in [5.74, 6) is -0.901. The number of halogens is 1. The van der Waals surface area contributed by atoms with Crippen molar-refractivity contribution in [1.29, 1.82) is 0 Å². The lowest BCUT2D eigenvalue weighted by Gasteiger charge is -2.09. The molecule has 0 aliphatic carbocycles.